The van der Waals surface area contributed by atoms with Crippen LogP contribution in [-0.2, 0) is 6.54 Å². The van der Waals surface area contributed by atoms with Gasteiger partial charge in [-0.05, 0) is 31.4 Å². The number of nitrogens with one attached hydrogen (secondary N) is 1. The maximum Gasteiger partial charge on any atom is 0.139 e. The molecule has 2 heterocycles. The Morgan fingerprint density at radius 2 is 2.40 bits per heavy atom. The first-order chi connectivity index (χ1) is 7.34. The van der Waals surface area contributed by atoms with Crippen LogP contribution in [0, 0.1) is 6.92 Å². The van der Waals surface area contributed by atoms with Gasteiger partial charge in [0.15, 0.2) is 0 Å². The van der Waals surface area contributed by atoms with Crippen LogP contribution in [0.1, 0.15) is 24.1 Å². The number of rotatable bonds is 3. The number of hydrogen-bond donors (Lipinski definition) is 1. The van der Waals surface area contributed by atoms with E-state index in [-0.39, 0.29) is 0 Å². The Labute approximate surface area is 89.1 Å². The number of fused-ring (bicyclic) bond motifs is 1. The predicted octanol–water partition coefficient (Wildman–Crippen LogP) is 1.89. The summed E-state index contributed by atoms with van der Waals surface area (Å²) in [6, 6.07) is 4.92. The Morgan fingerprint density at radius 1 is 1.53 bits per heavy atom. The minimum Gasteiger partial charge on any atom is -0.308 e. The highest BCUT2D eigenvalue weighted by molar-refractivity contribution is 5.48. The second kappa shape index (κ2) is 3.35. The van der Waals surface area contributed by atoms with Crippen molar-refractivity contribution in [1.29, 1.82) is 0 Å². The van der Waals surface area contributed by atoms with Crippen LogP contribution in [0.2, 0.25) is 0 Å². The molecule has 0 unspecified atom stereocenters. The lowest BCUT2D eigenvalue weighted by Gasteiger charge is -2.03. The van der Waals surface area contributed by atoms with Gasteiger partial charge in [0.2, 0.25) is 0 Å². The zero-order chi connectivity index (χ0) is 10.3. The molecule has 0 spiro atoms. The van der Waals surface area contributed by atoms with Crippen molar-refractivity contribution in [2.24, 2.45) is 0 Å². The van der Waals surface area contributed by atoms with Gasteiger partial charge in [-0.25, -0.2) is 4.98 Å². The summed E-state index contributed by atoms with van der Waals surface area (Å²) in [5.41, 5.74) is 3.56. The van der Waals surface area contributed by atoms with Crippen molar-refractivity contribution in [2.45, 2.75) is 32.4 Å². The monoisotopic (exact) mass is 201 g/mol. The van der Waals surface area contributed by atoms with E-state index >= 15 is 0 Å². The van der Waals surface area contributed by atoms with Crippen molar-refractivity contribution < 1.29 is 0 Å². The van der Waals surface area contributed by atoms with Gasteiger partial charge < -0.3 is 9.72 Å². The Balaban J connectivity index is 1.92. The first-order valence-corrected chi connectivity index (χ1v) is 5.49. The van der Waals surface area contributed by atoms with Gasteiger partial charge >= 0.3 is 0 Å². The zero-order valence-corrected chi connectivity index (χ0v) is 8.90. The predicted molar refractivity (Wildman–Crippen MR) is 59.8 cm³/mol. The highest BCUT2D eigenvalue weighted by Crippen LogP contribution is 2.19. The summed E-state index contributed by atoms with van der Waals surface area (Å²) in [7, 11) is 0. The molecule has 78 valence electrons. The molecule has 0 saturated heterocycles. The average molecular weight is 201 g/mol. The van der Waals surface area contributed by atoms with Crippen LogP contribution in [0.3, 0.4) is 0 Å². The minimum absolute atomic E-state index is 0.750. The summed E-state index contributed by atoms with van der Waals surface area (Å²) < 4.78 is 2.17. The van der Waals surface area contributed by atoms with Gasteiger partial charge in [0.05, 0.1) is 11.9 Å². The van der Waals surface area contributed by atoms with Gasteiger partial charge in [0, 0.05) is 18.8 Å². The second-order valence-corrected chi connectivity index (χ2v) is 4.29. The normalized spacial score (nSPS) is 16.1. The van der Waals surface area contributed by atoms with Gasteiger partial charge in [-0.15, -0.1) is 0 Å². The molecular formula is C12H15N3. The van der Waals surface area contributed by atoms with Crippen molar-refractivity contribution in [2.75, 3.05) is 0 Å². The first-order valence-electron chi connectivity index (χ1n) is 5.49. The fraction of sp³-hybridized carbons (Fsp3) is 0.417. The van der Waals surface area contributed by atoms with Crippen LogP contribution < -0.4 is 5.32 Å². The molecule has 3 heteroatoms. The van der Waals surface area contributed by atoms with Crippen molar-refractivity contribution in [3.8, 4) is 0 Å². The number of aryl methyl sites for hydroxylation is 1. The summed E-state index contributed by atoms with van der Waals surface area (Å²) in [5, 5.41) is 3.51. The summed E-state index contributed by atoms with van der Waals surface area (Å²) in [6.07, 6.45) is 6.71. The third kappa shape index (κ3) is 1.63. The maximum absolute atomic E-state index is 4.44. The smallest absolute Gasteiger partial charge is 0.139 e. The number of nitrogens with zero attached hydrogens (tertiary/aromatic N) is 2. The lowest BCUT2D eigenvalue weighted by atomic mass is 10.3. The molecule has 1 aliphatic rings. The molecule has 2 aromatic rings. The van der Waals surface area contributed by atoms with E-state index in [9.17, 15) is 0 Å². The van der Waals surface area contributed by atoms with Crippen LogP contribution in [0.4, 0.5) is 0 Å². The van der Waals surface area contributed by atoms with Gasteiger partial charge in [0.25, 0.3) is 0 Å². The third-order valence-corrected chi connectivity index (χ3v) is 2.96. The van der Waals surface area contributed by atoms with Crippen LogP contribution in [0.25, 0.3) is 5.65 Å². The molecule has 3 rings (SSSR count). The average Bonchev–Trinajstić information content (AvgIpc) is 2.97. The van der Waals surface area contributed by atoms with Crippen LogP contribution >= 0.6 is 0 Å². The van der Waals surface area contributed by atoms with E-state index in [4.69, 9.17) is 0 Å². The van der Waals surface area contributed by atoms with Crippen LogP contribution in [0.15, 0.2) is 24.5 Å². The fourth-order valence-corrected chi connectivity index (χ4v) is 1.87. The second-order valence-electron chi connectivity index (χ2n) is 4.29. The molecule has 0 aliphatic heterocycles. The van der Waals surface area contributed by atoms with Crippen LogP contribution in [-0.4, -0.2) is 15.4 Å². The largest absolute Gasteiger partial charge is 0.308 e. The van der Waals surface area contributed by atoms with Gasteiger partial charge in [-0.3, -0.25) is 0 Å². The molecular weight excluding hydrogens is 186 g/mol. The van der Waals surface area contributed by atoms with E-state index in [1.165, 1.54) is 24.1 Å². The van der Waals surface area contributed by atoms with E-state index in [0.717, 1.165) is 18.2 Å². The van der Waals surface area contributed by atoms with Gasteiger partial charge in [-0.1, -0.05) is 6.07 Å². The molecule has 0 aromatic carbocycles. The first kappa shape index (κ1) is 8.92. The van der Waals surface area contributed by atoms with E-state index in [0.29, 0.717) is 0 Å². The number of pyridine rings is 1. The van der Waals surface area contributed by atoms with Crippen molar-refractivity contribution in [1.82, 2.24) is 14.7 Å². The topological polar surface area (TPSA) is 29.3 Å². The zero-order valence-electron chi connectivity index (χ0n) is 8.90. The van der Waals surface area contributed by atoms with E-state index in [2.05, 4.69) is 40.0 Å². The van der Waals surface area contributed by atoms with E-state index in [1.54, 1.807) is 0 Å². The Morgan fingerprint density at radius 3 is 3.20 bits per heavy atom. The minimum atomic E-state index is 0.750. The third-order valence-electron chi connectivity index (χ3n) is 2.96. The molecule has 1 saturated carbocycles. The molecule has 0 bridgehead atoms. The fourth-order valence-electron chi connectivity index (χ4n) is 1.87. The number of aromatic nitrogens is 2. The molecule has 1 aliphatic carbocycles. The highest BCUT2D eigenvalue weighted by Gasteiger charge is 2.20. The quantitative estimate of drug-likeness (QED) is 0.821. The molecule has 1 fully saturated rings. The Hall–Kier alpha value is -1.35. The van der Waals surface area contributed by atoms with Crippen LogP contribution in [0.5, 0.6) is 0 Å². The van der Waals surface area contributed by atoms with Crippen molar-refractivity contribution in [3.05, 3.63) is 35.8 Å². The number of hydrogen-bond acceptors (Lipinski definition) is 2. The molecule has 3 nitrogen and oxygen atoms in total. The lowest BCUT2D eigenvalue weighted by Crippen LogP contribution is -2.16. The lowest BCUT2D eigenvalue weighted by molar-refractivity contribution is 0.670. The number of imidazole rings is 1. The summed E-state index contributed by atoms with van der Waals surface area (Å²) in [6.45, 7) is 3.02. The standard InChI is InChI=1S/C12H15N3/c1-9-3-2-6-15-11(8-14-12(9)15)7-13-10-4-5-10/h2-3,6,8,10,13H,4-5,7H2,1H3. The SMILES string of the molecule is Cc1cccn2c(CNC3CC3)cnc12. The molecule has 0 atom stereocenters. The maximum atomic E-state index is 4.44. The Bertz CT molecular complexity index is 483. The molecule has 2 aromatic heterocycles. The van der Waals surface area contributed by atoms with Crippen molar-refractivity contribution in [3.63, 3.8) is 0 Å². The van der Waals surface area contributed by atoms with E-state index < -0.39 is 0 Å². The van der Waals surface area contributed by atoms with Gasteiger partial charge in [-0.2, -0.15) is 0 Å². The summed E-state index contributed by atoms with van der Waals surface area (Å²) in [4.78, 5) is 4.44. The highest BCUT2D eigenvalue weighted by atomic mass is 15.0. The summed E-state index contributed by atoms with van der Waals surface area (Å²) in [5.74, 6) is 0. The molecule has 15 heavy (non-hydrogen) atoms. The Kier molecular flexibility index (Phi) is 1.99. The van der Waals surface area contributed by atoms with Crippen molar-refractivity contribution >= 4 is 5.65 Å². The molecule has 0 amide bonds. The molecule has 1 N–H and O–H groups in total. The molecule has 0 radical (unpaired) electrons. The summed E-state index contributed by atoms with van der Waals surface area (Å²) >= 11 is 0. The van der Waals surface area contributed by atoms with E-state index in [1.807, 2.05) is 6.20 Å². The van der Waals surface area contributed by atoms with Gasteiger partial charge in [0.1, 0.15) is 5.65 Å².